The molecule has 0 aliphatic rings. The first-order valence-electron chi connectivity index (χ1n) is 8.51. The molecule has 26 heavy (non-hydrogen) atoms. The van der Waals surface area contributed by atoms with Gasteiger partial charge in [-0.15, -0.1) is 21.5 Å². The number of nitrogens with zero attached hydrogens (tertiary/aromatic N) is 5. The standard InChI is InChI=1S/C18H23N7S/c1-14-23-24-17(25(14)2)13-22-18(20-10-8-16-7-5-11-26-16)21-12-15-6-3-4-9-19-15/h3-7,9,11H,8,10,12-13H2,1-2H3,(H2,20,21,22). The fourth-order valence-corrected chi connectivity index (χ4v) is 3.06. The number of hydrogen-bond donors (Lipinski definition) is 2. The molecule has 8 heteroatoms. The van der Waals surface area contributed by atoms with Gasteiger partial charge < -0.3 is 15.2 Å². The minimum atomic E-state index is 0.521. The Morgan fingerprint density at radius 1 is 1.19 bits per heavy atom. The van der Waals surface area contributed by atoms with Gasteiger partial charge in [-0.05, 0) is 36.9 Å². The molecule has 0 saturated carbocycles. The van der Waals surface area contributed by atoms with Gasteiger partial charge in [0, 0.05) is 24.7 Å². The van der Waals surface area contributed by atoms with Crippen molar-refractivity contribution in [2.75, 3.05) is 6.54 Å². The zero-order chi connectivity index (χ0) is 18.2. The van der Waals surface area contributed by atoms with Crippen molar-refractivity contribution in [3.05, 3.63) is 64.1 Å². The maximum absolute atomic E-state index is 4.64. The van der Waals surface area contributed by atoms with E-state index in [9.17, 15) is 0 Å². The Labute approximate surface area is 157 Å². The minimum Gasteiger partial charge on any atom is -0.356 e. The SMILES string of the molecule is Cc1nnc(CNC(=NCc2ccccn2)NCCc2cccs2)n1C. The normalized spacial score (nSPS) is 11.5. The van der Waals surface area contributed by atoms with Crippen LogP contribution in [0.15, 0.2) is 46.9 Å². The second kappa shape index (κ2) is 9.10. The first kappa shape index (κ1) is 18.1. The number of hydrogen-bond acceptors (Lipinski definition) is 5. The molecule has 0 aromatic carbocycles. The van der Waals surface area contributed by atoms with Gasteiger partial charge in [-0.3, -0.25) is 4.98 Å². The van der Waals surface area contributed by atoms with E-state index in [2.05, 4.69) is 48.3 Å². The van der Waals surface area contributed by atoms with Gasteiger partial charge in [-0.2, -0.15) is 0 Å². The van der Waals surface area contributed by atoms with Crippen molar-refractivity contribution in [1.82, 2.24) is 30.4 Å². The van der Waals surface area contributed by atoms with Gasteiger partial charge >= 0.3 is 0 Å². The monoisotopic (exact) mass is 369 g/mol. The van der Waals surface area contributed by atoms with Crippen LogP contribution in [0.3, 0.4) is 0 Å². The van der Waals surface area contributed by atoms with Crippen molar-refractivity contribution in [3.8, 4) is 0 Å². The van der Waals surface area contributed by atoms with E-state index in [-0.39, 0.29) is 0 Å². The Kier molecular flexibility index (Phi) is 6.32. The average molecular weight is 369 g/mol. The van der Waals surface area contributed by atoms with Crippen LogP contribution >= 0.6 is 11.3 Å². The summed E-state index contributed by atoms with van der Waals surface area (Å²) >= 11 is 1.77. The Balaban J connectivity index is 1.60. The molecule has 2 N–H and O–H groups in total. The zero-order valence-corrected chi connectivity index (χ0v) is 15.8. The number of guanidine groups is 1. The second-order valence-corrected chi connectivity index (χ2v) is 6.85. The van der Waals surface area contributed by atoms with Crippen LogP contribution < -0.4 is 10.6 Å². The highest BCUT2D eigenvalue weighted by Crippen LogP contribution is 2.08. The first-order chi connectivity index (χ1) is 12.7. The molecular weight excluding hydrogens is 346 g/mol. The number of pyridine rings is 1. The molecule has 0 aliphatic carbocycles. The van der Waals surface area contributed by atoms with E-state index in [1.807, 2.05) is 36.7 Å². The third-order valence-electron chi connectivity index (χ3n) is 3.97. The Hall–Kier alpha value is -2.74. The number of aromatic nitrogens is 4. The summed E-state index contributed by atoms with van der Waals surface area (Å²) in [7, 11) is 1.96. The Morgan fingerprint density at radius 2 is 2.12 bits per heavy atom. The summed E-state index contributed by atoms with van der Waals surface area (Å²) in [5.41, 5.74) is 0.932. The van der Waals surface area contributed by atoms with Crippen LogP contribution in [0.5, 0.6) is 0 Å². The maximum atomic E-state index is 4.64. The van der Waals surface area contributed by atoms with Crippen LogP contribution in [0.2, 0.25) is 0 Å². The van der Waals surface area contributed by atoms with Crippen LogP contribution in [-0.2, 0) is 26.6 Å². The van der Waals surface area contributed by atoms with Gasteiger partial charge in [0.2, 0.25) is 0 Å². The highest BCUT2D eigenvalue weighted by atomic mass is 32.1. The third kappa shape index (κ3) is 5.13. The summed E-state index contributed by atoms with van der Waals surface area (Å²) in [4.78, 5) is 10.3. The van der Waals surface area contributed by atoms with Crippen molar-refractivity contribution in [2.45, 2.75) is 26.4 Å². The molecule has 7 nitrogen and oxygen atoms in total. The quantitative estimate of drug-likeness (QED) is 0.492. The lowest BCUT2D eigenvalue weighted by atomic mass is 10.3. The van der Waals surface area contributed by atoms with Gasteiger partial charge in [0.25, 0.3) is 0 Å². The lowest BCUT2D eigenvalue weighted by molar-refractivity contribution is 0.713. The lowest BCUT2D eigenvalue weighted by Gasteiger charge is -2.12. The van der Waals surface area contributed by atoms with Gasteiger partial charge in [-0.1, -0.05) is 12.1 Å². The van der Waals surface area contributed by atoms with Gasteiger partial charge in [0.15, 0.2) is 11.8 Å². The van der Waals surface area contributed by atoms with Gasteiger partial charge in [0.05, 0.1) is 18.8 Å². The highest BCUT2D eigenvalue weighted by molar-refractivity contribution is 7.09. The zero-order valence-electron chi connectivity index (χ0n) is 15.0. The molecule has 3 aromatic heterocycles. The van der Waals surface area contributed by atoms with E-state index in [0.29, 0.717) is 13.1 Å². The van der Waals surface area contributed by atoms with Gasteiger partial charge in [-0.25, -0.2) is 4.99 Å². The average Bonchev–Trinajstić information content (AvgIpc) is 3.29. The molecule has 0 amide bonds. The molecule has 3 aromatic rings. The van der Waals surface area contributed by atoms with E-state index >= 15 is 0 Å². The molecule has 0 aliphatic heterocycles. The van der Waals surface area contributed by atoms with Crippen molar-refractivity contribution >= 4 is 17.3 Å². The van der Waals surface area contributed by atoms with E-state index in [4.69, 9.17) is 0 Å². The molecule has 0 bridgehead atoms. The molecule has 136 valence electrons. The maximum Gasteiger partial charge on any atom is 0.192 e. The summed E-state index contributed by atoms with van der Waals surface area (Å²) in [6.45, 7) is 3.83. The smallest absolute Gasteiger partial charge is 0.192 e. The summed E-state index contributed by atoms with van der Waals surface area (Å²) < 4.78 is 1.97. The third-order valence-corrected chi connectivity index (χ3v) is 4.90. The minimum absolute atomic E-state index is 0.521. The molecule has 0 spiro atoms. The van der Waals surface area contributed by atoms with Crippen molar-refractivity contribution in [1.29, 1.82) is 0 Å². The van der Waals surface area contributed by atoms with Crippen molar-refractivity contribution in [2.24, 2.45) is 12.0 Å². The van der Waals surface area contributed by atoms with Crippen LogP contribution in [0.25, 0.3) is 0 Å². The number of rotatable bonds is 7. The van der Waals surface area contributed by atoms with Crippen LogP contribution in [0.4, 0.5) is 0 Å². The second-order valence-electron chi connectivity index (χ2n) is 5.82. The number of aryl methyl sites for hydroxylation is 1. The Bertz CT molecular complexity index is 825. The number of thiophene rings is 1. The van der Waals surface area contributed by atoms with Gasteiger partial charge in [0.1, 0.15) is 5.82 Å². The van der Waals surface area contributed by atoms with E-state index < -0.39 is 0 Å². The lowest BCUT2D eigenvalue weighted by Crippen LogP contribution is -2.38. The summed E-state index contributed by atoms with van der Waals surface area (Å²) in [5, 5.41) is 17.1. The first-order valence-corrected chi connectivity index (χ1v) is 9.39. The topological polar surface area (TPSA) is 80.0 Å². The largest absolute Gasteiger partial charge is 0.356 e. The van der Waals surface area contributed by atoms with E-state index in [1.165, 1.54) is 4.88 Å². The van der Waals surface area contributed by atoms with Crippen LogP contribution in [-0.4, -0.2) is 32.3 Å². The molecule has 3 heterocycles. The summed E-state index contributed by atoms with van der Waals surface area (Å²) in [6.07, 6.45) is 2.75. The van der Waals surface area contributed by atoms with E-state index in [0.717, 1.165) is 36.3 Å². The molecule has 3 rings (SSSR count). The Morgan fingerprint density at radius 3 is 2.81 bits per heavy atom. The molecular formula is C18H23N7S. The predicted molar refractivity (Wildman–Crippen MR) is 104 cm³/mol. The number of aliphatic imine (C=N–C) groups is 1. The van der Waals surface area contributed by atoms with E-state index in [1.54, 1.807) is 17.5 Å². The van der Waals surface area contributed by atoms with Crippen molar-refractivity contribution < 1.29 is 0 Å². The van der Waals surface area contributed by atoms with Crippen LogP contribution in [0, 0.1) is 6.92 Å². The molecule has 0 radical (unpaired) electrons. The summed E-state index contributed by atoms with van der Waals surface area (Å²) in [5.74, 6) is 2.50. The molecule has 0 saturated heterocycles. The highest BCUT2D eigenvalue weighted by Gasteiger charge is 2.06. The molecule has 0 fully saturated rings. The fourth-order valence-electron chi connectivity index (χ4n) is 2.35. The van der Waals surface area contributed by atoms with Crippen LogP contribution in [0.1, 0.15) is 22.2 Å². The summed E-state index contributed by atoms with van der Waals surface area (Å²) in [6, 6.07) is 10.1. The van der Waals surface area contributed by atoms with Crippen molar-refractivity contribution in [3.63, 3.8) is 0 Å². The predicted octanol–water partition coefficient (Wildman–Crippen LogP) is 2.06. The molecule has 0 atom stereocenters. The fraction of sp³-hybridized carbons (Fsp3) is 0.333. The number of nitrogens with one attached hydrogen (secondary N) is 2. The molecule has 0 unspecified atom stereocenters.